The maximum absolute atomic E-state index is 5.90. The van der Waals surface area contributed by atoms with Gasteiger partial charge in [-0.15, -0.1) is 0 Å². The van der Waals surface area contributed by atoms with Crippen LogP contribution in [0.1, 0.15) is 44.5 Å². The normalized spacial score (nSPS) is 13.3. The molecule has 0 bridgehead atoms. The summed E-state index contributed by atoms with van der Waals surface area (Å²) in [5.74, 6) is 0. The van der Waals surface area contributed by atoms with Crippen LogP contribution in [0.3, 0.4) is 0 Å². The predicted octanol–water partition coefficient (Wildman–Crippen LogP) is 9.50. The van der Waals surface area contributed by atoms with Crippen molar-refractivity contribution in [2.75, 3.05) is 22.9 Å². The van der Waals surface area contributed by atoms with Crippen molar-refractivity contribution in [1.29, 1.82) is 0 Å². The molecule has 0 atom stereocenters. The quantitative estimate of drug-likeness (QED) is 0.120. The summed E-state index contributed by atoms with van der Waals surface area (Å²) < 4.78 is 1.91. The average Bonchev–Trinajstić information content (AvgIpc) is 3.36. The van der Waals surface area contributed by atoms with Crippen LogP contribution >= 0.6 is 19.4 Å². The molecule has 0 unspecified atom stereocenters. The van der Waals surface area contributed by atoms with Crippen LogP contribution in [0, 0.1) is 48.2 Å². The fourth-order valence-corrected chi connectivity index (χ4v) is 7.36. The monoisotopic (exact) mass is 672 g/mol. The molecule has 0 amide bonds. The summed E-state index contributed by atoms with van der Waals surface area (Å²) >= 11 is -1.82. The van der Waals surface area contributed by atoms with Crippen molar-refractivity contribution in [3.8, 4) is 0 Å². The van der Waals surface area contributed by atoms with Crippen molar-refractivity contribution in [3.63, 3.8) is 0 Å². The summed E-state index contributed by atoms with van der Waals surface area (Å²) in [6.45, 7) is 17.6. The van der Waals surface area contributed by atoms with Gasteiger partial charge in [-0.1, -0.05) is 35.4 Å². The van der Waals surface area contributed by atoms with Gasteiger partial charge in [0.05, 0.1) is 0 Å². The third-order valence-electron chi connectivity index (χ3n) is 6.98. The molecule has 41 heavy (non-hydrogen) atoms. The van der Waals surface area contributed by atoms with E-state index in [2.05, 4.69) is 87.3 Å². The second kappa shape index (κ2) is 14.4. The van der Waals surface area contributed by atoms with Gasteiger partial charge >= 0.3 is 120 Å². The van der Waals surface area contributed by atoms with E-state index in [9.17, 15) is 0 Å². The molecule has 0 aliphatic carbocycles. The van der Waals surface area contributed by atoms with E-state index in [-0.39, 0.29) is 0 Å². The van der Waals surface area contributed by atoms with Gasteiger partial charge in [0.15, 0.2) is 0 Å². The van der Waals surface area contributed by atoms with Crippen LogP contribution in [0.5, 0.6) is 0 Å². The molecule has 1 aliphatic heterocycles. The average molecular weight is 673 g/mol. The first-order chi connectivity index (χ1) is 19.6. The van der Waals surface area contributed by atoms with Crippen LogP contribution in [-0.4, -0.2) is 23.9 Å². The van der Waals surface area contributed by atoms with Crippen LogP contribution in [0.2, 0.25) is 0 Å². The van der Waals surface area contributed by atoms with Gasteiger partial charge in [0.25, 0.3) is 0 Å². The van der Waals surface area contributed by atoms with Crippen molar-refractivity contribution in [2.45, 2.75) is 41.5 Å². The molecule has 1 heterocycles. The van der Waals surface area contributed by atoms with E-state index in [1.165, 1.54) is 44.8 Å². The van der Waals surface area contributed by atoms with Gasteiger partial charge in [-0.3, -0.25) is 0 Å². The summed E-state index contributed by atoms with van der Waals surface area (Å²) in [6, 6.07) is 26.9. The Balaban J connectivity index is 0.000000195. The molecule has 1 fully saturated rings. The Hall–Kier alpha value is -2.78. The second-order valence-corrected chi connectivity index (χ2v) is 16.3. The van der Waals surface area contributed by atoms with E-state index in [0.29, 0.717) is 0 Å². The number of aliphatic imine (C=N–C) groups is 1. The first-order valence-electron chi connectivity index (χ1n) is 13.7. The van der Waals surface area contributed by atoms with Gasteiger partial charge in [-0.25, -0.2) is 0 Å². The van der Waals surface area contributed by atoms with Crippen LogP contribution in [0.25, 0.3) is 0 Å². The minimum absolute atomic E-state index is 0.890. The topological polar surface area (TPSA) is 18.8 Å². The second-order valence-electron chi connectivity index (χ2n) is 10.5. The van der Waals surface area contributed by atoms with E-state index in [1.54, 1.807) is 0 Å². The van der Waals surface area contributed by atoms with Crippen LogP contribution in [0.4, 0.5) is 17.1 Å². The number of para-hydroxylation sites is 1. The van der Waals surface area contributed by atoms with Gasteiger partial charge in [0.2, 0.25) is 0 Å². The number of hydrogen-bond donors (Lipinski definition) is 0. The fraction of sp³-hybridized carbons (Fsp3) is 0.229. The zero-order valence-corrected chi connectivity index (χ0v) is 27.9. The molecule has 4 aromatic carbocycles. The standard InChI is InChI=1S/C21H27N2.C14H11N.2ClH.Ru/c1-14-9-16(3)20(17(4)10-14)22-7-8-23(13-22)21-18(5)11-15(2)12-19(21)6;1-12-7-5-6-10-14(12)15-11-13-8-3-2-4-9-13;;;/h9-13H,7-8H2,1-6H3;1-11H;2*1H;/q-1;;;;+2/p-2. The summed E-state index contributed by atoms with van der Waals surface area (Å²) in [6.07, 6.45) is 1.84. The summed E-state index contributed by atoms with van der Waals surface area (Å²) in [5.41, 5.74) is 13.8. The van der Waals surface area contributed by atoms with Crippen molar-refractivity contribution in [3.05, 3.63) is 130 Å². The molecule has 0 saturated carbocycles. The van der Waals surface area contributed by atoms with Gasteiger partial charge in [-0.2, -0.15) is 6.67 Å². The van der Waals surface area contributed by atoms with Crippen molar-refractivity contribution in [1.82, 2.24) is 0 Å². The molecule has 1 aliphatic rings. The van der Waals surface area contributed by atoms with E-state index in [1.807, 2.05) is 65.4 Å². The van der Waals surface area contributed by atoms with Crippen molar-refractivity contribution in [2.24, 2.45) is 4.99 Å². The molecule has 6 heteroatoms. The Kier molecular flexibility index (Phi) is 11.0. The first-order valence-corrected chi connectivity index (χ1v) is 19.2. The number of halogens is 2. The SMILES string of the molecule is Cc1cc(C)c(N2[CH-]N(c3c(C)cc(C)cc3C)CC2)c(C)c1.[Cl][Ru]([Cl])=[CH]c1ccccc1N=Cc1ccccc1. The van der Waals surface area contributed by atoms with E-state index in [0.717, 1.165) is 29.9 Å². The van der Waals surface area contributed by atoms with Gasteiger partial charge in [0, 0.05) is 24.5 Å². The zero-order chi connectivity index (χ0) is 29.5. The fourth-order valence-electron chi connectivity index (χ4n) is 5.55. The number of benzene rings is 4. The molecule has 0 aromatic heterocycles. The molecule has 4 aromatic rings. The first kappa shape index (κ1) is 31.2. The molecule has 3 nitrogen and oxygen atoms in total. The zero-order valence-electron chi connectivity index (χ0n) is 24.6. The van der Waals surface area contributed by atoms with Crippen LogP contribution < -0.4 is 9.80 Å². The molecule has 5 rings (SSSR count). The third-order valence-corrected chi connectivity index (χ3v) is 8.81. The summed E-state index contributed by atoms with van der Waals surface area (Å²) in [4.78, 5) is 9.29. The Morgan fingerprint density at radius 3 is 1.63 bits per heavy atom. The van der Waals surface area contributed by atoms with Crippen LogP contribution in [-0.2, 0) is 13.5 Å². The number of nitrogens with zero attached hydrogens (tertiary/aromatic N) is 3. The molecule has 0 spiro atoms. The molecule has 0 N–H and O–H groups in total. The van der Waals surface area contributed by atoms with Gasteiger partial charge in [0.1, 0.15) is 0 Å². The number of hydrogen-bond acceptors (Lipinski definition) is 3. The van der Waals surface area contributed by atoms with E-state index in [4.69, 9.17) is 19.4 Å². The number of aryl methyl sites for hydroxylation is 6. The van der Waals surface area contributed by atoms with E-state index < -0.39 is 13.5 Å². The molecule has 0 radical (unpaired) electrons. The third kappa shape index (κ3) is 8.38. The number of anilines is 2. The number of rotatable bonds is 5. The van der Waals surface area contributed by atoms with Gasteiger partial charge in [-0.05, 0) is 63.8 Å². The Morgan fingerprint density at radius 2 is 1.15 bits per heavy atom. The predicted molar refractivity (Wildman–Crippen MR) is 177 cm³/mol. The maximum atomic E-state index is 5.90. The Labute approximate surface area is 259 Å². The molecule has 216 valence electrons. The van der Waals surface area contributed by atoms with Crippen LogP contribution in [0.15, 0.2) is 83.9 Å². The Bertz CT molecular complexity index is 1450. The molecular weight excluding hydrogens is 634 g/mol. The van der Waals surface area contributed by atoms with Gasteiger partial charge < -0.3 is 9.80 Å². The minimum atomic E-state index is -1.82. The molecule has 1 saturated heterocycles. The Morgan fingerprint density at radius 1 is 0.683 bits per heavy atom. The van der Waals surface area contributed by atoms with Crippen molar-refractivity contribution >= 4 is 47.3 Å². The summed E-state index contributed by atoms with van der Waals surface area (Å²) in [7, 11) is 11.8. The van der Waals surface area contributed by atoms with Crippen molar-refractivity contribution < 1.29 is 13.5 Å². The summed E-state index contributed by atoms with van der Waals surface area (Å²) in [5, 5.41) is 0. The molecular formula is C35H38Cl2N3Ru-. The van der Waals surface area contributed by atoms with E-state index >= 15 is 0 Å².